The lowest BCUT2D eigenvalue weighted by atomic mass is 10.2. The number of fused-ring (bicyclic) bond motifs is 1. The molecule has 17 heteroatoms. The Morgan fingerprint density at radius 3 is 2.17 bits per heavy atom. The summed E-state index contributed by atoms with van der Waals surface area (Å²) in [4.78, 5) is 23.0. The Morgan fingerprint density at radius 2 is 1.63 bits per heavy atom. The molecule has 0 amide bonds. The summed E-state index contributed by atoms with van der Waals surface area (Å²) in [6.45, 7) is 0.204. The third-order valence-corrected chi connectivity index (χ3v) is 7.07. The van der Waals surface area contributed by atoms with Crippen LogP contribution in [-0.2, 0) is 14.6 Å². The van der Waals surface area contributed by atoms with Gasteiger partial charge in [-0.15, -0.1) is 11.3 Å². The first-order valence-electron chi connectivity index (χ1n) is 8.05. The van der Waals surface area contributed by atoms with Crippen molar-refractivity contribution in [1.82, 2.24) is 4.72 Å². The molecule has 1 aromatic carbocycles. The quantitative estimate of drug-likeness (QED) is 0.136. The number of nitrogens with one attached hydrogen (secondary N) is 1. The molecule has 14 nitrogen and oxygen atoms in total. The Balaban J connectivity index is 2.34. The average Bonchev–Trinajstić information content (AvgIpc) is 3.10. The molecule has 1 aromatic heterocycles. The van der Waals surface area contributed by atoms with Crippen LogP contribution in [0.1, 0.15) is 0 Å². The van der Waals surface area contributed by atoms with Crippen molar-refractivity contribution >= 4 is 39.0 Å². The van der Waals surface area contributed by atoms with E-state index in [0.717, 1.165) is 11.3 Å². The summed E-state index contributed by atoms with van der Waals surface area (Å²) in [5, 5.41) is 7.19. The van der Waals surface area contributed by atoms with E-state index in [2.05, 4.69) is 20.1 Å². The van der Waals surface area contributed by atoms with E-state index >= 15 is 0 Å². The van der Waals surface area contributed by atoms with Gasteiger partial charge >= 0.3 is 7.60 Å². The van der Waals surface area contributed by atoms with Gasteiger partial charge in [0.15, 0.2) is 11.5 Å². The minimum atomic E-state index is -4.56. The molecule has 1 heterocycles. The molecule has 3 N–H and O–H groups in total. The van der Waals surface area contributed by atoms with Crippen LogP contribution in [0, 0.1) is 0 Å². The van der Waals surface area contributed by atoms with Crippen LogP contribution in [0.15, 0.2) is 32.6 Å². The van der Waals surface area contributed by atoms with E-state index in [4.69, 9.17) is 30.3 Å². The largest absolute Gasteiger partial charge is 0.490 e. The van der Waals surface area contributed by atoms with E-state index in [1.165, 1.54) is 18.2 Å². The zero-order chi connectivity index (χ0) is 22.2. The molecule has 0 radical (unpaired) electrons. The fourth-order valence-electron chi connectivity index (χ4n) is 2.10. The highest BCUT2D eigenvalue weighted by molar-refractivity contribution is 7.92. The first kappa shape index (κ1) is 23.7. The number of rotatable bonds is 12. The zero-order valence-corrected chi connectivity index (χ0v) is 17.7. The number of sulfonamides is 1. The zero-order valence-electron chi connectivity index (χ0n) is 15.2. The summed E-state index contributed by atoms with van der Waals surface area (Å²) in [5.41, 5.74) is 16.7. The Morgan fingerprint density at radius 1 is 1.07 bits per heavy atom. The second kappa shape index (κ2) is 10.5. The van der Waals surface area contributed by atoms with Gasteiger partial charge in [0.1, 0.15) is 10.5 Å². The molecular weight excluding hydrogens is 461 g/mol. The molecular formula is C13H16N7O7PS2. The maximum Gasteiger partial charge on any atom is 0.340 e. The third-order valence-electron chi connectivity index (χ3n) is 3.31. The van der Waals surface area contributed by atoms with Crippen molar-refractivity contribution in [2.75, 3.05) is 32.6 Å². The fraction of sp³-hybridized carbons (Fsp3) is 0.385. The molecule has 0 aliphatic carbocycles. The normalized spacial score (nSPS) is 11.5. The number of benzene rings is 1. The Hall–Kier alpha value is -2.54. The molecule has 0 spiro atoms. The van der Waals surface area contributed by atoms with Gasteiger partial charge in [-0.05, 0) is 28.6 Å². The molecule has 0 unspecified atom stereocenters. The summed E-state index contributed by atoms with van der Waals surface area (Å²) < 4.78 is 48.8. The lowest BCUT2D eigenvalue weighted by molar-refractivity contribution is 0.278. The van der Waals surface area contributed by atoms with Crippen LogP contribution in [0.3, 0.4) is 0 Å². The van der Waals surface area contributed by atoms with Gasteiger partial charge in [-0.1, -0.05) is 10.2 Å². The molecule has 2 rings (SSSR count). The van der Waals surface area contributed by atoms with E-state index in [-0.39, 0.29) is 42.0 Å². The molecule has 0 saturated carbocycles. The first-order valence-corrected chi connectivity index (χ1v) is 12.1. The van der Waals surface area contributed by atoms with Gasteiger partial charge in [0.05, 0.1) is 26.3 Å². The summed E-state index contributed by atoms with van der Waals surface area (Å²) in [6.07, 6.45) is -1.02. The second-order valence-corrected chi connectivity index (χ2v) is 10.2. The summed E-state index contributed by atoms with van der Waals surface area (Å²) in [5.74, 6) is 0.507. The van der Waals surface area contributed by atoms with Crippen molar-refractivity contribution < 1.29 is 32.2 Å². The Labute approximate surface area is 173 Å². The van der Waals surface area contributed by atoms with E-state index in [1.54, 1.807) is 0 Å². The number of thiophene rings is 1. The molecule has 162 valence electrons. The van der Waals surface area contributed by atoms with Gasteiger partial charge in [-0.2, -0.15) is 4.72 Å². The molecule has 0 aliphatic rings. The minimum absolute atomic E-state index is 0.0431. The van der Waals surface area contributed by atoms with Crippen LogP contribution >= 0.6 is 18.9 Å². The number of ether oxygens (including phenoxy) is 2. The highest BCUT2D eigenvalue weighted by Crippen LogP contribution is 2.39. The minimum Gasteiger partial charge on any atom is -0.490 e. The molecule has 0 bridgehead atoms. The summed E-state index contributed by atoms with van der Waals surface area (Å²) in [7, 11) is -8.71. The van der Waals surface area contributed by atoms with E-state index in [0.29, 0.717) is 10.1 Å². The molecule has 2 aromatic rings. The monoisotopic (exact) mass is 477 g/mol. The third kappa shape index (κ3) is 7.06. The highest BCUT2D eigenvalue weighted by Gasteiger charge is 2.23. The summed E-state index contributed by atoms with van der Waals surface area (Å²) >= 11 is 0.866. The van der Waals surface area contributed by atoms with Crippen LogP contribution in [0.25, 0.3) is 31.0 Å². The van der Waals surface area contributed by atoms with Crippen LogP contribution < -0.4 is 14.2 Å². The molecule has 0 saturated heterocycles. The fourth-order valence-corrected chi connectivity index (χ4v) is 5.57. The lowest BCUT2D eigenvalue weighted by Crippen LogP contribution is -2.23. The van der Waals surface area contributed by atoms with Gasteiger partial charge < -0.3 is 19.3 Å². The maximum absolute atomic E-state index is 12.3. The highest BCUT2D eigenvalue weighted by atomic mass is 32.2. The van der Waals surface area contributed by atoms with Crippen LogP contribution in [0.5, 0.6) is 11.5 Å². The van der Waals surface area contributed by atoms with E-state index in [9.17, 15) is 13.0 Å². The van der Waals surface area contributed by atoms with Crippen molar-refractivity contribution in [2.45, 2.75) is 4.21 Å². The molecule has 0 fully saturated rings. The number of nitrogens with zero attached hydrogens (tertiary/aromatic N) is 6. The topological polar surface area (TPSA) is 220 Å². The molecule has 30 heavy (non-hydrogen) atoms. The number of hydrogen-bond donors (Lipinski definition) is 3. The van der Waals surface area contributed by atoms with Crippen LogP contribution in [-0.4, -0.2) is 50.8 Å². The van der Waals surface area contributed by atoms with Crippen molar-refractivity contribution in [3.63, 3.8) is 0 Å². The van der Waals surface area contributed by atoms with Gasteiger partial charge in [0, 0.05) is 20.6 Å². The van der Waals surface area contributed by atoms with E-state index in [1.807, 2.05) is 4.72 Å². The summed E-state index contributed by atoms with van der Waals surface area (Å²) in [6, 6.07) is 4.37. The predicted octanol–water partition coefficient (Wildman–Crippen LogP) is 2.69. The average molecular weight is 477 g/mol. The second-order valence-electron chi connectivity index (χ2n) is 5.48. The lowest BCUT2D eigenvalue weighted by Gasteiger charge is -2.12. The van der Waals surface area contributed by atoms with Crippen molar-refractivity contribution in [2.24, 2.45) is 10.2 Å². The Kier molecular flexibility index (Phi) is 8.29. The first-order chi connectivity index (χ1) is 14.2. The van der Waals surface area contributed by atoms with Crippen LogP contribution in [0.2, 0.25) is 0 Å². The number of azide groups is 2. The SMILES string of the molecule is [N-]=[N+]=NCCOc1cc2cc(S(=O)(=O)NCP(=O)(O)O)sc2cc1OCCN=[N+]=[N-]. The smallest absolute Gasteiger partial charge is 0.340 e. The van der Waals surface area contributed by atoms with Crippen molar-refractivity contribution in [3.8, 4) is 11.5 Å². The molecule has 0 aliphatic heterocycles. The number of hydrogen-bond acceptors (Lipinski definition) is 8. The van der Waals surface area contributed by atoms with Crippen molar-refractivity contribution in [3.05, 3.63) is 39.1 Å². The standard InChI is InChI=1S/C13H16N7O7PS2/c14-19-16-1-3-26-10-5-9-6-13(30(24,25)18-8-28(21,22)23)29-12(9)7-11(10)27-4-2-17-20-15/h5-7,18H,1-4,8H2,(H2,21,22,23). The Bertz CT molecular complexity index is 1090. The van der Waals surface area contributed by atoms with Gasteiger partial charge in [-0.3, -0.25) is 4.57 Å². The van der Waals surface area contributed by atoms with Gasteiger partial charge in [0.2, 0.25) is 0 Å². The van der Waals surface area contributed by atoms with Gasteiger partial charge in [0.25, 0.3) is 10.0 Å². The van der Waals surface area contributed by atoms with Gasteiger partial charge in [-0.25, -0.2) is 8.42 Å². The molecule has 0 atom stereocenters. The predicted molar refractivity (Wildman–Crippen MR) is 108 cm³/mol. The van der Waals surface area contributed by atoms with Crippen LogP contribution in [0.4, 0.5) is 0 Å². The van der Waals surface area contributed by atoms with Crippen molar-refractivity contribution in [1.29, 1.82) is 0 Å². The van der Waals surface area contributed by atoms with E-state index < -0.39 is 23.9 Å². The maximum atomic E-state index is 12.3.